The van der Waals surface area contributed by atoms with E-state index in [4.69, 9.17) is 0 Å². The number of carbonyl (C=O) groups is 2. The van der Waals surface area contributed by atoms with Gasteiger partial charge in [0.15, 0.2) is 0 Å². The number of hydrogen-bond donors (Lipinski definition) is 2. The highest BCUT2D eigenvalue weighted by atomic mass is 32.2. The van der Waals surface area contributed by atoms with Gasteiger partial charge in [-0.25, -0.2) is 18.1 Å². The Morgan fingerprint density at radius 1 is 1.09 bits per heavy atom. The van der Waals surface area contributed by atoms with Crippen LogP contribution in [0.25, 0.3) is 10.9 Å². The van der Waals surface area contributed by atoms with Crippen molar-refractivity contribution < 1.29 is 31.2 Å². The maximum atomic E-state index is 13.2. The molecule has 12 heteroatoms. The molecule has 1 aliphatic heterocycles. The minimum absolute atomic E-state index is 0.0493. The molecule has 2 atom stereocenters. The highest BCUT2D eigenvalue weighted by molar-refractivity contribution is 7.92. The van der Waals surface area contributed by atoms with Crippen LogP contribution in [0.4, 0.5) is 29.3 Å². The van der Waals surface area contributed by atoms with Crippen molar-refractivity contribution in [1.82, 2.24) is 10.3 Å². The smallest absolute Gasteiger partial charge is 0.387 e. The molecule has 0 saturated carbocycles. The predicted molar refractivity (Wildman–Crippen MR) is 119 cm³/mol. The van der Waals surface area contributed by atoms with Crippen LogP contribution in [0.15, 0.2) is 59.6 Å². The van der Waals surface area contributed by atoms with Gasteiger partial charge in [0.05, 0.1) is 28.0 Å². The number of carbonyl (C=O) groups excluding carboxylic acids is 2. The number of hydrogen-bond acceptors (Lipinski definition) is 6. The van der Waals surface area contributed by atoms with Crippen LogP contribution in [-0.4, -0.2) is 43.9 Å². The summed E-state index contributed by atoms with van der Waals surface area (Å²) >= 11 is 0. The number of aromatic nitrogens is 1. The Bertz CT molecular complexity index is 1390. The summed E-state index contributed by atoms with van der Waals surface area (Å²) in [4.78, 5) is 30.1. The number of fused-ring (bicyclic) bond motifs is 1. The number of sulfone groups is 1. The molecule has 2 heterocycles. The van der Waals surface area contributed by atoms with Gasteiger partial charge >= 0.3 is 11.5 Å². The third-order valence-corrected chi connectivity index (χ3v) is 7.22. The number of anilines is 2. The molecule has 4 rings (SSSR count). The molecule has 178 valence electrons. The van der Waals surface area contributed by atoms with Gasteiger partial charge in [-0.2, -0.15) is 13.2 Å². The van der Waals surface area contributed by atoms with Crippen LogP contribution < -0.4 is 15.5 Å². The van der Waals surface area contributed by atoms with Gasteiger partial charge in [0.1, 0.15) is 6.04 Å². The van der Waals surface area contributed by atoms with E-state index in [1.165, 1.54) is 0 Å². The second-order valence-corrected chi connectivity index (χ2v) is 9.63. The zero-order valence-corrected chi connectivity index (χ0v) is 18.7. The first kappa shape index (κ1) is 23.5. The number of para-hydroxylation sites is 1. The largest absolute Gasteiger partial charge is 0.501 e. The van der Waals surface area contributed by atoms with E-state index in [1.54, 1.807) is 20.2 Å². The number of rotatable bonds is 5. The molecule has 2 N–H and O–H groups in total. The standard InChI is InChI=1S/C22H19F3N4O4S/c1-12(18-15-5-3-4-6-16(15)27-11-17(18)26-2)19-20(30)29(21(31)28-19)13-7-9-14(10-8-13)34(32,33)22(23,24)25/h3-12,19,26H,1-2H3,(H,28,31). The third kappa shape index (κ3) is 3.73. The van der Waals surface area contributed by atoms with Gasteiger partial charge in [0, 0.05) is 18.4 Å². The molecule has 2 unspecified atom stereocenters. The molecule has 0 aliphatic carbocycles. The summed E-state index contributed by atoms with van der Waals surface area (Å²) < 4.78 is 61.5. The number of pyridine rings is 1. The highest BCUT2D eigenvalue weighted by Crippen LogP contribution is 2.36. The Kier molecular flexibility index (Phi) is 5.72. The Morgan fingerprint density at radius 3 is 2.35 bits per heavy atom. The molecular formula is C22H19F3N4O4S. The number of benzene rings is 2. The van der Waals surface area contributed by atoms with Crippen LogP contribution in [0.3, 0.4) is 0 Å². The third-order valence-electron chi connectivity index (χ3n) is 5.72. The van der Waals surface area contributed by atoms with Crippen molar-refractivity contribution in [3.63, 3.8) is 0 Å². The number of halogens is 3. The van der Waals surface area contributed by atoms with Crippen LogP contribution >= 0.6 is 0 Å². The molecule has 1 aliphatic rings. The molecule has 0 radical (unpaired) electrons. The van der Waals surface area contributed by atoms with Crippen molar-refractivity contribution in [1.29, 1.82) is 0 Å². The molecule has 3 aromatic rings. The van der Waals surface area contributed by atoms with E-state index in [0.717, 1.165) is 28.0 Å². The lowest BCUT2D eigenvalue weighted by atomic mass is 9.89. The first-order chi connectivity index (χ1) is 16.0. The van der Waals surface area contributed by atoms with E-state index < -0.39 is 44.1 Å². The predicted octanol–water partition coefficient (Wildman–Crippen LogP) is 3.80. The monoisotopic (exact) mass is 492 g/mol. The summed E-state index contributed by atoms with van der Waals surface area (Å²) in [7, 11) is -3.84. The second kappa shape index (κ2) is 8.28. The van der Waals surface area contributed by atoms with E-state index in [0.29, 0.717) is 23.3 Å². The van der Waals surface area contributed by atoms with Crippen LogP contribution in [0.1, 0.15) is 18.4 Å². The van der Waals surface area contributed by atoms with Crippen molar-refractivity contribution >= 4 is 44.1 Å². The second-order valence-electron chi connectivity index (χ2n) is 7.69. The average Bonchev–Trinajstić information content (AvgIpc) is 3.10. The summed E-state index contributed by atoms with van der Waals surface area (Å²) in [6.07, 6.45) is 1.63. The zero-order valence-electron chi connectivity index (χ0n) is 17.9. The fourth-order valence-electron chi connectivity index (χ4n) is 4.01. The van der Waals surface area contributed by atoms with E-state index in [9.17, 15) is 31.2 Å². The van der Waals surface area contributed by atoms with Crippen molar-refractivity contribution in [2.45, 2.75) is 29.3 Å². The normalized spacial score (nSPS) is 17.7. The number of nitrogens with zero attached hydrogens (tertiary/aromatic N) is 2. The molecule has 1 fully saturated rings. The Hall–Kier alpha value is -3.67. The lowest BCUT2D eigenvalue weighted by molar-refractivity contribution is -0.118. The van der Waals surface area contributed by atoms with Crippen LogP contribution in [0.5, 0.6) is 0 Å². The lowest BCUT2D eigenvalue weighted by Gasteiger charge is -2.22. The van der Waals surface area contributed by atoms with Gasteiger partial charge < -0.3 is 10.6 Å². The number of amides is 3. The van der Waals surface area contributed by atoms with Gasteiger partial charge in [0.2, 0.25) is 0 Å². The fraction of sp³-hybridized carbons (Fsp3) is 0.227. The van der Waals surface area contributed by atoms with E-state index in [-0.39, 0.29) is 5.69 Å². The maximum Gasteiger partial charge on any atom is 0.501 e. The summed E-state index contributed by atoms with van der Waals surface area (Å²) in [6, 6.07) is 9.01. The van der Waals surface area contributed by atoms with Crippen molar-refractivity contribution in [3.05, 3.63) is 60.3 Å². The highest BCUT2D eigenvalue weighted by Gasteiger charge is 2.47. The molecule has 0 spiro atoms. The summed E-state index contributed by atoms with van der Waals surface area (Å²) in [6.45, 7) is 1.77. The number of urea groups is 1. The van der Waals surface area contributed by atoms with Crippen molar-refractivity contribution in [3.8, 4) is 0 Å². The molecule has 34 heavy (non-hydrogen) atoms. The maximum absolute atomic E-state index is 13.2. The average molecular weight is 492 g/mol. The van der Waals surface area contributed by atoms with Crippen LogP contribution in [0, 0.1) is 0 Å². The van der Waals surface area contributed by atoms with Crippen LogP contribution in [0.2, 0.25) is 0 Å². The number of imide groups is 1. The summed E-state index contributed by atoms with van der Waals surface area (Å²) in [5.41, 5.74) is -3.37. The summed E-state index contributed by atoms with van der Waals surface area (Å²) in [5, 5.41) is 6.47. The van der Waals surface area contributed by atoms with Gasteiger partial charge in [-0.3, -0.25) is 9.78 Å². The molecular weight excluding hydrogens is 473 g/mol. The molecule has 3 amide bonds. The van der Waals surface area contributed by atoms with Crippen molar-refractivity contribution in [2.75, 3.05) is 17.3 Å². The number of alkyl halides is 3. The van der Waals surface area contributed by atoms with Crippen LogP contribution in [-0.2, 0) is 14.6 Å². The van der Waals surface area contributed by atoms with Gasteiger partial charge in [0.25, 0.3) is 15.7 Å². The Labute approximate surface area is 192 Å². The molecule has 2 aromatic carbocycles. The molecule has 1 saturated heterocycles. The fourth-order valence-corrected chi connectivity index (χ4v) is 4.77. The molecule has 8 nitrogen and oxygen atoms in total. The lowest BCUT2D eigenvalue weighted by Crippen LogP contribution is -2.35. The first-order valence-electron chi connectivity index (χ1n) is 10.1. The minimum Gasteiger partial charge on any atom is -0.387 e. The molecule has 1 aromatic heterocycles. The topological polar surface area (TPSA) is 108 Å². The first-order valence-corrected chi connectivity index (χ1v) is 11.6. The Morgan fingerprint density at radius 2 is 1.74 bits per heavy atom. The van der Waals surface area contributed by atoms with E-state index >= 15 is 0 Å². The van der Waals surface area contributed by atoms with E-state index in [2.05, 4.69) is 15.6 Å². The van der Waals surface area contributed by atoms with Crippen molar-refractivity contribution in [2.24, 2.45) is 0 Å². The molecule has 0 bridgehead atoms. The zero-order chi connectivity index (χ0) is 24.8. The van der Waals surface area contributed by atoms with Gasteiger partial charge in [-0.1, -0.05) is 25.1 Å². The summed E-state index contributed by atoms with van der Waals surface area (Å²) in [5.74, 6) is -1.12. The Balaban J connectivity index is 1.68. The minimum atomic E-state index is -5.55. The SMILES string of the molecule is CNc1cnc2ccccc2c1C(C)C1NC(=O)N(c2ccc(S(=O)(=O)C(F)(F)F)cc2)C1=O. The number of nitrogens with one attached hydrogen (secondary N) is 2. The van der Waals surface area contributed by atoms with E-state index in [1.807, 2.05) is 24.3 Å². The van der Waals surface area contributed by atoms with Gasteiger partial charge in [-0.05, 0) is 35.9 Å². The van der Waals surface area contributed by atoms with Gasteiger partial charge in [-0.15, -0.1) is 0 Å². The quantitative estimate of drug-likeness (QED) is 0.525.